The third-order valence-electron chi connectivity index (χ3n) is 5.44. The number of amides is 1. The zero-order valence-electron chi connectivity index (χ0n) is 18.8. The molecule has 0 bridgehead atoms. The normalized spacial score (nSPS) is 17.7. The van der Waals surface area contributed by atoms with Crippen LogP contribution in [0.3, 0.4) is 0 Å². The molecule has 1 aliphatic rings. The highest BCUT2D eigenvalue weighted by Gasteiger charge is 2.47. The molecule has 2 aromatic heterocycles. The summed E-state index contributed by atoms with van der Waals surface area (Å²) in [7, 11) is 0. The molecule has 6 nitrogen and oxygen atoms in total. The van der Waals surface area contributed by atoms with E-state index >= 15 is 0 Å². The number of aliphatic hydroxyl groups is 1. The Bertz CT molecular complexity index is 1200. The van der Waals surface area contributed by atoms with E-state index in [1.165, 1.54) is 16.2 Å². The zero-order valence-corrected chi connectivity index (χ0v) is 19.6. The largest absolute Gasteiger partial charge is 0.507 e. The van der Waals surface area contributed by atoms with Crippen molar-refractivity contribution in [2.24, 2.45) is 5.92 Å². The number of aromatic nitrogens is 1. The second-order valence-corrected chi connectivity index (χ2v) is 9.40. The van der Waals surface area contributed by atoms with E-state index in [-0.39, 0.29) is 17.9 Å². The van der Waals surface area contributed by atoms with E-state index < -0.39 is 17.7 Å². The van der Waals surface area contributed by atoms with Crippen molar-refractivity contribution in [2.75, 3.05) is 6.61 Å². The van der Waals surface area contributed by atoms with Crippen LogP contribution in [0, 0.1) is 12.8 Å². The second-order valence-electron chi connectivity index (χ2n) is 8.45. The van der Waals surface area contributed by atoms with Crippen LogP contribution in [0.5, 0.6) is 5.75 Å². The SMILES string of the molecule is Cc1ccsc1C1/C(=C(/O)c2cccc(OCC(C)C)c2)C(=O)C(=O)N1Cc1ccccn1. The van der Waals surface area contributed by atoms with Gasteiger partial charge in [0.2, 0.25) is 0 Å². The summed E-state index contributed by atoms with van der Waals surface area (Å²) in [6, 6.07) is 13.7. The number of pyridine rings is 1. The molecule has 0 spiro atoms. The lowest BCUT2D eigenvalue weighted by Gasteiger charge is -2.24. The van der Waals surface area contributed by atoms with Gasteiger partial charge in [-0.2, -0.15) is 0 Å². The number of Topliss-reactive ketones (excluding diaryl/α,β-unsaturated/α-hetero) is 1. The lowest BCUT2D eigenvalue weighted by Crippen LogP contribution is -2.29. The van der Waals surface area contributed by atoms with Gasteiger partial charge >= 0.3 is 0 Å². The Labute approximate surface area is 197 Å². The number of likely N-dealkylation sites (tertiary alicyclic amines) is 1. The molecule has 7 heteroatoms. The number of aryl methyl sites for hydroxylation is 1. The van der Waals surface area contributed by atoms with E-state index in [9.17, 15) is 14.7 Å². The summed E-state index contributed by atoms with van der Waals surface area (Å²) >= 11 is 1.46. The van der Waals surface area contributed by atoms with E-state index in [4.69, 9.17) is 4.74 Å². The molecule has 1 aliphatic heterocycles. The maximum Gasteiger partial charge on any atom is 0.296 e. The van der Waals surface area contributed by atoms with Crippen molar-refractivity contribution < 1.29 is 19.4 Å². The quantitative estimate of drug-likeness (QED) is 0.300. The van der Waals surface area contributed by atoms with Crippen molar-refractivity contribution in [2.45, 2.75) is 33.4 Å². The summed E-state index contributed by atoms with van der Waals surface area (Å²) in [5.74, 6) is -0.605. The molecule has 0 aliphatic carbocycles. The van der Waals surface area contributed by atoms with Crippen LogP contribution in [0.15, 0.2) is 65.7 Å². The molecule has 4 rings (SSSR count). The number of hydrogen-bond donors (Lipinski definition) is 1. The van der Waals surface area contributed by atoms with E-state index in [1.54, 1.807) is 36.5 Å². The average molecular weight is 463 g/mol. The smallest absolute Gasteiger partial charge is 0.296 e. The molecule has 1 saturated heterocycles. The molecular weight excluding hydrogens is 436 g/mol. The lowest BCUT2D eigenvalue weighted by molar-refractivity contribution is -0.140. The number of rotatable bonds is 7. The van der Waals surface area contributed by atoms with Gasteiger partial charge < -0.3 is 14.7 Å². The summed E-state index contributed by atoms with van der Waals surface area (Å²) in [6.45, 7) is 6.74. The Morgan fingerprint density at radius 3 is 2.67 bits per heavy atom. The molecule has 3 aromatic rings. The third-order valence-corrected chi connectivity index (χ3v) is 6.51. The Kier molecular flexibility index (Phi) is 6.60. The van der Waals surface area contributed by atoms with Crippen LogP contribution in [0.2, 0.25) is 0 Å². The number of carbonyl (C=O) groups excluding carboxylic acids is 2. The van der Waals surface area contributed by atoms with Crippen LogP contribution in [0.25, 0.3) is 5.76 Å². The number of thiophene rings is 1. The number of ether oxygens (including phenoxy) is 1. The summed E-state index contributed by atoms with van der Waals surface area (Å²) in [4.78, 5) is 32.9. The fourth-order valence-corrected chi connectivity index (χ4v) is 4.84. The maximum absolute atomic E-state index is 13.2. The average Bonchev–Trinajstić information content (AvgIpc) is 3.34. The first-order valence-corrected chi connectivity index (χ1v) is 11.7. The second kappa shape index (κ2) is 9.58. The van der Waals surface area contributed by atoms with Crippen LogP contribution >= 0.6 is 11.3 Å². The molecular formula is C26H26N2O4S. The van der Waals surface area contributed by atoms with Gasteiger partial charge in [0.25, 0.3) is 11.7 Å². The van der Waals surface area contributed by atoms with Crippen molar-refractivity contribution in [1.82, 2.24) is 9.88 Å². The number of benzene rings is 1. The Morgan fingerprint density at radius 1 is 1.18 bits per heavy atom. The highest BCUT2D eigenvalue weighted by molar-refractivity contribution is 7.10. The minimum Gasteiger partial charge on any atom is -0.507 e. The predicted molar refractivity (Wildman–Crippen MR) is 128 cm³/mol. The van der Waals surface area contributed by atoms with Gasteiger partial charge in [0, 0.05) is 16.6 Å². The fourth-order valence-electron chi connectivity index (χ4n) is 3.80. The van der Waals surface area contributed by atoms with E-state index in [1.807, 2.05) is 30.5 Å². The van der Waals surface area contributed by atoms with E-state index in [0.29, 0.717) is 29.5 Å². The maximum atomic E-state index is 13.2. The molecule has 1 aromatic carbocycles. The van der Waals surface area contributed by atoms with Gasteiger partial charge in [-0.05, 0) is 54.1 Å². The Morgan fingerprint density at radius 2 is 2.00 bits per heavy atom. The first kappa shape index (κ1) is 22.7. The fraction of sp³-hybridized carbons (Fsp3) is 0.269. The minimum atomic E-state index is -0.699. The van der Waals surface area contributed by atoms with Crippen molar-refractivity contribution >= 4 is 28.8 Å². The summed E-state index contributed by atoms with van der Waals surface area (Å²) in [5.41, 5.74) is 2.15. The van der Waals surface area contributed by atoms with E-state index in [2.05, 4.69) is 18.8 Å². The lowest BCUT2D eigenvalue weighted by atomic mass is 9.98. The van der Waals surface area contributed by atoms with Crippen molar-refractivity contribution in [3.8, 4) is 5.75 Å². The summed E-state index contributed by atoms with van der Waals surface area (Å²) < 4.78 is 5.78. The van der Waals surface area contributed by atoms with Gasteiger partial charge in [0.05, 0.1) is 24.4 Å². The first-order chi connectivity index (χ1) is 15.9. The molecule has 33 heavy (non-hydrogen) atoms. The van der Waals surface area contributed by atoms with E-state index in [0.717, 1.165) is 10.4 Å². The summed E-state index contributed by atoms with van der Waals surface area (Å²) in [5, 5.41) is 13.2. The van der Waals surface area contributed by atoms with Crippen LogP contribution in [0.1, 0.15) is 41.6 Å². The van der Waals surface area contributed by atoms with Gasteiger partial charge in [0.15, 0.2) is 0 Å². The number of nitrogens with zero attached hydrogens (tertiary/aromatic N) is 2. The molecule has 170 valence electrons. The van der Waals surface area contributed by atoms with Crippen molar-refractivity contribution in [3.63, 3.8) is 0 Å². The molecule has 0 saturated carbocycles. The summed E-state index contributed by atoms with van der Waals surface area (Å²) in [6.07, 6.45) is 1.65. The highest BCUT2D eigenvalue weighted by atomic mass is 32.1. The molecule has 1 fully saturated rings. The van der Waals surface area contributed by atoms with Gasteiger partial charge in [-0.1, -0.05) is 32.0 Å². The number of aliphatic hydroxyl groups excluding tert-OH is 1. The van der Waals surface area contributed by atoms with Crippen LogP contribution in [-0.4, -0.2) is 33.3 Å². The molecule has 3 heterocycles. The van der Waals surface area contributed by atoms with Crippen molar-refractivity contribution in [3.05, 3.63) is 87.4 Å². The molecule has 1 amide bonds. The van der Waals surface area contributed by atoms with Crippen LogP contribution in [-0.2, 0) is 16.1 Å². The predicted octanol–water partition coefficient (Wildman–Crippen LogP) is 5.11. The Balaban J connectivity index is 1.79. The van der Waals surface area contributed by atoms with Crippen molar-refractivity contribution in [1.29, 1.82) is 0 Å². The van der Waals surface area contributed by atoms with Crippen LogP contribution < -0.4 is 4.74 Å². The van der Waals surface area contributed by atoms with Gasteiger partial charge in [-0.25, -0.2) is 0 Å². The standard InChI is InChI=1S/C26H26N2O4S/c1-16(2)15-32-20-9-6-7-18(13-20)23(29)21-22(25-17(3)10-12-33-25)28(26(31)24(21)30)14-19-8-4-5-11-27-19/h4-13,16,22,29H,14-15H2,1-3H3/b23-21-. The number of carbonyl (C=O) groups is 2. The molecule has 0 radical (unpaired) electrons. The topological polar surface area (TPSA) is 79.7 Å². The highest BCUT2D eigenvalue weighted by Crippen LogP contribution is 2.43. The molecule has 1 unspecified atom stereocenters. The van der Waals surface area contributed by atoms with Crippen LogP contribution in [0.4, 0.5) is 0 Å². The minimum absolute atomic E-state index is 0.0856. The van der Waals surface area contributed by atoms with Gasteiger partial charge in [0.1, 0.15) is 17.6 Å². The molecule has 1 N–H and O–H groups in total. The first-order valence-electron chi connectivity index (χ1n) is 10.8. The zero-order chi connectivity index (χ0) is 23.5. The van der Waals surface area contributed by atoms with Gasteiger partial charge in [-0.15, -0.1) is 11.3 Å². The number of ketones is 1. The van der Waals surface area contributed by atoms with Gasteiger partial charge in [-0.3, -0.25) is 14.6 Å². The third kappa shape index (κ3) is 4.68. The molecule has 1 atom stereocenters. The Hall–Kier alpha value is -3.45. The monoisotopic (exact) mass is 462 g/mol. The number of hydrogen-bond acceptors (Lipinski definition) is 6.